The van der Waals surface area contributed by atoms with E-state index in [9.17, 15) is 34.2 Å². The SMILES string of the molecule is COn1cc(O)c(=O)cc1CON=C(C(=O)N[C@@H]1C(=O)N2C(C(=O)O)=C(COC(C)=O)CS[C@H]12)c1csc(N)n1. The molecule has 0 saturated carbocycles. The van der Waals surface area contributed by atoms with Crippen LogP contribution < -0.4 is 21.3 Å². The number of thioether (sulfide) groups is 1. The van der Waals surface area contributed by atoms with Crippen molar-refractivity contribution >= 4 is 57.7 Å². The number of nitrogens with one attached hydrogen (secondary N) is 1. The van der Waals surface area contributed by atoms with E-state index in [-0.39, 0.29) is 52.5 Å². The standard InChI is InChI=1S/C22H22N6O10S2/c1-9(29)37-5-10-7-39-20-16(19(33)28(20)17(10)21(34)35)25-18(32)15(12-8-40-22(23)24-12)26-38-6-11-3-13(30)14(31)4-27(11)36-2/h3-4,8,16,20,31H,5-7H2,1-2H3,(H2,23,24)(H,25,32)(H,34,35)/t16-,20-/m1/s1. The number of nitrogens with two attached hydrogens (primary N) is 1. The molecule has 4 heterocycles. The number of aromatic nitrogens is 2. The maximum Gasteiger partial charge on any atom is 0.352 e. The van der Waals surface area contributed by atoms with Gasteiger partial charge in [0.15, 0.2) is 23.2 Å². The monoisotopic (exact) mass is 594 g/mol. The molecule has 2 aliphatic rings. The second-order valence-corrected chi connectivity index (χ2v) is 10.2. The number of esters is 1. The number of rotatable bonds is 10. The number of fused-ring (bicyclic) bond motifs is 1. The maximum atomic E-state index is 13.2. The molecule has 0 aliphatic carbocycles. The van der Waals surface area contributed by atoms with Gasteiger partial charge >= 0.3 is 11.9 Å². The number of oxime groups is 1. The molecule has 0 bridgehead atoms. The van der Waals surface area contributed by atoms with Gasteiger partial charge in [0.1, 0.15) is 42.2 Å². The molecule has 40 heavy (non-hydrogen) atoms. The van der Waals surface area contributed by atoms with E-state index in [1.54, 1.807) is 0 Å². The Hall–Kier alpha value is -4.58. The summed E-state index contributed by atoms with van der Waals surface area (Å²) >= 11 is 2.22. The molecule has 1 saturated heterocycles. The number of carbonyl (C=O) groups is 4. The van der Waals surface area contributed by atoms with Crippen LogP contribution in [0, 0.1) is 0 Å². The fourth-order valence-electron chi connectivity index (χ4n) is 3.78. The molecule has 0 aromatic carbocycles. The van der Waals surface area contributed by atoms with Crippen molar-refractivity contribution in [2.75, 3.05) is 25.2 Å². The summed E-state index contributed by atoms with van der Waals surface area (Å²) < 4.78 is 5.98. The second kappa shape index (κ2) is 11.7. The number of pyridine rings is 1. The number of amides is 2. The van der Waals surface area contributed by atoms with Crippen LogP contribution in [0.3, 0.4) is 0 Å². The van der Waals surface area contributed by atoms with E-state index in [0.29, 0.717) is 0 Å². The number of carboxylic acids is 1. The Balaban J connectivity index is 1.53. The van der Waals surface area contributed by atoms with Crippen LogP contribution in [0.1, 0.15) is 18.3 Å². The third-order valence-corrected chi connectivity index (χ3v) is 7.62. The van der Waals surface area contributed by atoms with E-state index in [4.69, 9.17) is 20.1 Å². The van der Waals surface area contributed by atoms with Gasteiger partial charge in [-0.2, -0.15) is 4.73 Å². The summed E-state index contributed by atoms with van der Waals surface area (Å²) in [5, 5.41) is 26.5. The van der Waals surface area contributed by atoms with Crippen LogP contribution in [0.25, 0.3) is 0 Å². The molecule has 2 aromatic rings. The van der Waals surface area contributed by atoms with E-state index in [2.05, 4.69) is 15.5 Å². The zero-order valence-corrected chi connectivity index (χ0v) is 22.5. The average Bonchev–Trinajstić information content (AvgIpc) is 3.34. The van der Waals surface area contributed by atoms with Crippen LogP contribution in [0.4, 0.5) is 5.13 Å². The van der Waals surface area contributed by atoms with Crippen LogP contribution in [-0.2, 0) is 35.4 Å². The minimum Gasteiger partial charge on any atom is -0.503 e. The Morgan fingerprint density at radius 3 is 2.67 bits per heavy atom. The average molecular weight is 595 g/mol. The fraction of sp³-hybridized carbons (Fsp3) is 0.318. The minimum atomic E-state index is -1.37. The lowest BCUT2D eigenvalue weighted by molar-refractivity contribution is -0.150. The highest BCUT2D eigenvalue weighted by atomic mass is 32.2. The van der Waals surface area contributed by atoms with Gasteiger partial charge < -0.3 is 35.7 Å². The molecule has 5 N–H and O–H groups in total. The summed E-state index contributed by atoms with van der Waals surface area (Å²) in [4.78, 5) is 76.4. The first-order valence-corrected chi connectivity index (χ1v) is 13.2. The minimum absolute atomic E-state index is 0.0459. The maximum absolute atomic E-state index is 13.2. The van der Waals surface area contributed by atoms with Crippen LogP contribution in [0.5, 0.6) is 5.75 Å². The number of anilines is 1. The smallest absolute Gasteiger partial charge is 0.352 e. The lowest BCUT2D eigenvalue weighted by Crippen LogP contribution is -2.71. The van der Waals surface area contributed by atoms with Crippen molar-refractivity contribution in [2.45, 2.75) is 24.9 Å². The Labute approximate surface area is 232 Å². The first-order chi connectivity index (χ1) is 19.0. The Bertz CT molecular complexity index is 1500. The number of nitrogen functional groups attached to an aromatic ring is 1. The van der Waals surface area contributed by atoms with Crippen molar-refractivity contribution < 1.29 is 43.8 Å². The molecule has 16 nitrogen and oxygen atoms in total. The summed E-state index contributed by atoms with van der Waals surface area (Å²) in [6.45, 7) is 0.543. The highest BCUT2D eigenvalue weighted by Gasteiger charge is 2.54. The lowest BCUT2D eigenvalue weighted by atomic mass is 10.0. The van der Waals surface area contributed by atoms with Crippen molar-refractivity contribution in [1.82, 2.24) is 19.9 Å². The molecular formula is C22H22N6O10S2. The van der Waals surface area contributed by atoms with Crippen molar-refractivity contribution in [3.8, 4) is 5.75 Å². The molecule has 2 aliphatic heterocycles. The zero-order chi connectivity index (χ0) is 29.1. The third-order valence-electron chi connectivity index (χ3n) is 5.60. The molecule has 1 fully saturated rings. The number of hydrogen-bond acceptors (Lipinski definition) is 14. The Morgan fingerprint density at radius 1 is 1.30 bits per heavy atom. The largest absolute Gasteiger partial charge is 0.503 e. The van der Waals surface area contributed by atoms with Crippen molar-refractivity contribution in [2.24, 2.45) is 5.16 Å². The van der Waals surface area contributed by atoms with Crippen molar-refractivity contribution in [3.63, 3.8) is 0 Å². The Morgan fingerprint density at radius 2 is 2.05 bits per heavy atom. The first kappa shape index (κ1) is 28.4. The number of thiazole rings is 1. The highest BCUT2D eigenvalue weighted by Crippen LogP contribution is 2.40. The van der Waals surface area contributed by atoms with Gasteiger partial charge in [-0.3, -0.25) is 24.1 Å². The van der Waals surface area contributed by atoms with E-state index in [1.165, 1.54) is 31.2 Å². The molecule has 18 heteroatoms. The van der Waals surface area contributed by atoms with Gasteiger partial charge in [0.2, 0.25) is 5.43 Å². The number of ether oxygens (including phenoxy) is 1. The number of β-lactam (4-membered cyclic amide) rings is 1. The highest BCUT2D eigenvalue weighted by molar-refractivity contribution is 8.00. The topological polar surface area (TPSA) is 225 Å². The molecular weight excluding hydrogens is 572 g/mol. The summed E-state index contributed by atoms with van der Waals surface area (Å²) in [7, 11) is 1.29. The predicted molar refractivity (Wildman–Crippen MR) is 139 cm³/mol. The summed E-state index contributed by atoms with van der Waals surface area (Å²) in [6, 6.07) is -0.0424. The number of hydrogen-bond donors (Lipinski definition) is 4. The van der Waals surface area contributed by atoms with Crippen molar-refractivity contribution in [3.05, 3.63) is 50.5 Å². The fourth-order valence-corrected chi connectivity index (χ4v) is 5.65. The van der Waals surface area contributed by atoms with Gasteiger partial charge in [0.05, 0.1) is 6.20 Å². The number of nitrogens with zero attached hydrogens (tertiary/aromatic N) is 4. The van der Waals surface area contributed by atoms with E-state index in [1.807, 2.05) is 0 Å². The Kier molecular flexibility index (Phi) is 8.29. The molecule has 2 aromatic heterocycles. The van der Waals surface area contributed by atoms with Crippen LogP contribution in [0.15, 0.2) is 38.9 Å². The number of carboxylic acid groups (broad SMARTS) is 1. The van der Waals surface area contributed by atoms with Gasteiger partial charge in [0, 0.05) is 29.7 Å². The second-order valence-electron chi connectivity index (χ2n) is 8.21. The van der Waals surface area contributed by atoms with Gasteiger partial charge in [-0.1, -0.05) is 5.16 Å². The van der Waals surface area contributed by atoms with Crippen LogP contribution in [-0.4, -0.2) is 85.2 Å². The molecule has 4 rings (SSSR count). The lowest BCUT2D eigenvalue weighted by Gasteiger charge is -2.49. The molecule has 0 radical (unpaired) electrons. The van der Waals surface area contributed by atoms with Gasteiger partial charge in [-0.25, -0.2) is 9.78 Å². The van der Waals surface area contributed by atoms with E-state index < -0.39 is 46.3 Å². The van der Waals surface area contributed by atoms with E-state index in [0.717, 1.165) is 33.2 Å². The zero-order valence-electron chi connectivity index (χ0n) is 20.9. The van der Waals surface area contributed by atoms with Gasteiger partial charge in [-0.15, -0.1) is 23.1 Å². The molecule has 0 unspecified atom stereocenters. The number of aliphatic carboxylic acids is 1. The molecule has 2 atom stereocenters. The molecule has 2 amide bonds. The molecule has 212 valence electrons. The summed E-state index contributed by atoms with van der Waals surface area (Å²) in [5.74, 6) is -3.91. The summed E-state index contributed by atoms with van der Waals surface area (Å²) in [6.07, 6.45) is 1.03. The summed E-state index contributed by atoms with van der Waals surface area (Å²) in [5.41, 5.74) is 4.82. The quantitative estimate of drug-likeness (QED) is 0.111. The number of carbonyl (C=O) groups excluding carboxylic acids is 3. The van der Waals surface area contributed by atoms with Gasteiger partial charge in [0.25, 0.3) is 11.8 Å². The molecule has 0 spiro atoms. The van der Waals surface area contributed by atoms with Gasteiger partial charge in [-0.05, 0) is 0 Å². The van der Waals surface area contributed by atoms with E-state index >= 15 is 0 Å². The van der Waals surface area contributed by atoms with Crippen LogP contribution >= 0.6 is 23.1 Å². The van der Waals surface area contributed by atoms with Crippen molar-refractivity contribution in [1.29, 1.82) is 0 Å². The normalized spacial score (nSPS) is 18.5. The van der Waals surface area contributed by atoms with Crippen LogP contribution in [0.2, 0.25) is 0 Å². The third kappa shape index (κ3) is 5.71. The predicted octanol–water partition coefficient (Wildman–Crippen LogP) is -1.13. The number of aromatic hydroxyl groups is 1. The first-order valence-electron chi connectivity index (χ1n) is 11.3.